The van der Waals surface area contributed by atoms with Crippen molar-refractivity contribution in [1.82, 2.24) is 10.3 Å². The Labute approximate surface area is 118 Å². The van der Waals surface area contributed by atoms with Crippen molar-refractivity contribution in [3.63, 3.8) is 0 Å². The van der Waals surface area contributed by atoms with Crippen LogP contribution >= 0.6 is 11.6 Å². The predicted octanol–water partition coefficient (Wildman–Crippen LogP) is 3.41. The van der Waals surface area contributed by atoms with Crippen LogP contribution in [0.4, 0.5) is 8.78 Å². The number of hydrogen-bond donors (Lipinski definition) is 1. The molecule has 7 heteroatoms. The highest BCUT2D eigenvalue weighted by molar-refractivity contribution is 6.27. The number of hydrogen-bond acceptors (Lipinski definition) is 3. The molecule has 2 rings (SSSR count). The van der Waals surface area contributed by atoms with Gasteiger partial charge in [0.15, 0.2) is 5.69 Å². The summed E-state index contributed by atoms with van der Waals surface area (Å²) in [6.45, 7) is 2.94. The molecule has 2 aromatic rings. The molecule has 0 radical (unpaired) electrons. The Kier molecular flexibility index (Phi) is 4.04. The summed E-state index contributed by atoms with van der Waals surface area (Å²) >= 11 is 5.46. The molecule has 1 amide bonds. The van der Waals surface area contributed by atoms with Gasteiger partial charge in [0.25, 0.3) is 11.3 Å². The molecule has 0 saturated heterocycles. The monoisotopic (exact) mass is 300 g/mol. The standard InChI is InChI=1S/C13H11ClF2N2O2/c1-6-9(15)3-8(4-10(6)16)7(2)17-12(19)11-5-20-13(14)18-11/h3-5,7H,1-2H3,(H,17,19)/t7-/m1/s1. The van der Waals surface area contributed by atoms with E-state index in [4.69, 9.17) is 16.0 Å². The van der Waals surface area contributed by atoms with Crippen LogP contribution in [0.15, 0.2) is 22.8 Å². The second-order valence-corrected chi connectivity index (χ2v) is 4.61. The van der Waals surface area contributed by atoms with Crippen molar-refractivity contribution in [2.24, 2.45) is 0 Å². The van der Waals surface area contributed by atoms with Crippen LogP contribution in [0.3, 0.4) is 0 Å². The van der Waals surface area contributed by atoms with Gasteiger partial charge >= 0.3 is 0 Å². The van der Waals surface area contributed by atoms with Crippen molar-refractivity contribution in [2.75, 3.05) is 0 Å². The predicted molar refractivity (Wildman–Crippen MR) is 68.5 cm³/mol. The summed E-state index contributed by atoms with van der Waals surface area (Å²) in [4.78, 5) is 15.4. The van der Waals surface area contributed by atoms with Crippen LogP contribution in [0.25, 0.3) is 0 Å². The molecular formula is C13H11ClF2N2O2. The number of amides is 1. The lowest BCUT2D eigenvalue weighted by molar-refractivity contribution is 0.0934. The maximum atomic E-state index is 13.5. The summed E-state index contributed by atoms with van der Waals surface area (Å²) in [6, 6.07) is 1.76. The van der Waals surface area contributed by atoms with E-state index in [-0.39, 0.29) is 16.6 Å². The first-order valence-electron chi connectivity index (χ1n) is 5.76. The molecule has 1 heterocycles. The average molecular weight is 301 g/mol. The lowest BCUT2D eigenvalue weighted by Gasteiger charge is -2.14. The van der Waals surface area contributed by atoms with E-state index in [1.165, 1.54) is 19.1 Å². The van der Waals surface area contributed by atoms with Crippen molar-refractivity contribution >= 4 is 17.5 Å². The molecule has 0 unspecified atom stereocenters. The summed E-state index contributed by atoms with van der Waals surface area (Å²) < 4.78 is 31.6. The fraction of sp³-hybridized carbons (Fsp3) is 0.231. The molecule has 1 atom stereocenters. The molecular weight excluding hydrogens is 290 g/mol. The van der Waals surface area contributed by atoms with Crippen molar-refractivity contribution in [2.45, 2.75) is 19.9 Å². The molecule has 0 saturated carbocycles. The van der Waals surface area contributed by atoms with Gasteiger partial charge < -0.3 is 9.73 Å². The minimum atomic E-state index is -0.662. The largest absolute Gasteiger partial charge is 0.435 e. The van der Waals surface area contributed by atoms with E-state index < -0.39 is 23.6 Å². The van der Waals surface area contributed by atoms with Crippen molar-refractivity contribution < 1.29 is 18.0 Å². The number of carbonyl (C=O) groups excluding carboxylic acids is 1. The van der Waals surface area contributed by atoms with Crippen LogP contribution in [0, 0.1) is 18.6 Å². The quantitative estimate of drug-likeness (QED) is 0.945. The Hall–Kier alpha value is -1.95. The number of nitrogens with one attached hydrogen (secondary N) is 1. The van der Waals surface area contributed by atoms with Crippen molar-refractivity contribution in [1.29, 1.82) is 0 Å². The number of nitrogens with zero attached hydrogens (tertiary/aromatic N) is 1. The summed E-state index contributed by atoms with van der Waals surface area (Å²) in [5.41, 5.74) is 0.249. The molecule has 1 aromatic heterocycles. The molecule has 0 aliphatic heterocycles. The summed E-state index contributed by atoms with van der Waals surface area (Å²) in [7, 11) is 0. The zero-order chi connectivity index (χ0) is 14.9. The van der Waals surface area contributed by atoms with Crippen LogP contribution < -0.4 is 5.32 Å². The van der Waals surface area contributed by atoms with Gasteiger partial charge in [-0.25, -0.2) is 8.78 Å². The third-order valence-electron chi connectivity index (χ3n) is 2.86. The second kappa shape index (κ2) is 5.58. The van der Waals surface area contributed by atoms with Gasteiger partial charge in [0.2, 0.25) is 0 Å². The molecule has 0 fully saturated rings. The van der Waals surface area contributed by atoms with Crippen LogP contribution in [0.1, 0.15) is 34.6 Å². The van der Waals surface area contributed by atoms with Crippen molar-refractivity contribution in [3.8, 4) is 0 Å². The topological polar surface area (TPSA) is 55.1 Å². The van der Waals surface area contributed by atoms with Gasteiger partial charge in [-0.3, -0.25) is 4.79 Å². The third-order valence-corrected chi connectivity index (χ3v) is 3.03. The molecule has 4 nitrogen and oxygen atoms in total. The van der Waals surface area contributed by atoms with Gasteiger partial charge in [0.05, 0.1) is 6.04 Å². The SMILES string of the molecule is Cc1c(F)cc([C@@H](C)NC(=O)c2coc(Cl)n2)cc1F. The molecule has 0 spiro atoms. The smallest absolute Gasteiger partial charge is 0.292 e. The van der Waals surface area contributed by atoms with Crippen molar-refractivity contribution in [3.05, 3.63) is 52.2 Å². The highest BCUT2D eigenvalue weighted by Gasteiger charge is 2.17. The molecule has 0 aliphatic carbocycles. The highest BCUT2D eigenvalue weighted by atomic mass is 35.5. The summed E-state index contributed by atoms with van der Waals surface area (Å²) in [5.74, 6) is -1.87. The first-order chi connectivity index (χ1) is 9.38. The highest BCUT2D eigenvalue weighted by Crippen LogP contribution is 2.20. The zero-order valence-corrected chi connectivity index (χ0v) is 11.5. The number of halogens is 3. The van der Waals surface area contributed by atoms with E-state index >= 15 is 0 Å². The van der Waals surface area contributed by atoms with E-state index in [1.807, 2.05) is 0 Å². The summed E-state index contributed by atoms with van der Waals surface area (Å²) in [5, 5.41) is 2.39. The number of benzene rings is 1. The van der Waals surface area contributed by atoms with Gasteiger partial charge in [-0.2, -0.15) is 4.98 Å². The van der Waals surface area contributed by atoms with Gasteiger partial charge in [0, 0.05) is 5.56 Å². The van der Waals surface area contributed by atoms with Crippen LogP contribution in [0.2, 0.25) is 5.35 Å². The van der Waals surface area contributed by atoms with Gasteiger partial charge in [0.1, 0.15) is 17.9 Å². The van der Waals surface area contributed by atoms with Crippen LogP contribution in [-0.4, -0.2) is 10.9 Å². The molecule has 0 bridgehead atoms. The lowest BCUT2D eigenvalue weighted by Crippen LogP contribution is -2.27. The Morgan fingerprint density at radius 2 is 2.00 bits per heavy atom. The van der Waals surface area contributed by atoms with Crippen LogP contribution in [0.5, 0.6) is 0 Å². The summed E-state index contributed by atoms with van der Waals surface area (Å²) in [6.07, 6.45) is 1.10. The molecule has 1 N–H and O–H groups in total. The van der Waals surface area contributed by atoms with Crippen LogP contribution in [-0.2, 0) is 0 Å². The Morgan fingerprint density at radius 3 is 2.50 bits per heavy atom. The zero-order valence-electron chi connectivity index (χ0n) is 10.7. The van der Waals surface area contributed by atoms with E-state index in [0.717, 1.165) is 6.26 Å². The fourth-order valence-corrected chi connectivity index (χ4v) is 1.76. The minimum absolute atomic E-state index is 0.00472. The van der Waals surface area contributed by atoms with Gasteiger partial charge in [-0.15, -0.1) is 0 Å². The maximum Gasteiger partial charge on any atom is 0.292 e. The van der Waals surface area contributed by atoms with Gasteiger partial charge in [-0.1, -0.05) is 0 Å². The lowest BCUT2D eigenvalue weighted by atomic mass is 10.1. The van der Waals surface area contributed by atoms with E-state index in [1.54, 1.807) is 6.92 Å². The molecule has 1 aromatic carbocycles. The van der Waals surface area contributed by atoms with Gasteiger partial charge in [-0.05, 0) is 43.1 Å². The van der Waals surface area contributed by atoms with E-state index in [0.29, 0.717) is 5.56 Å². The fourth-order valence-electron chi connectivity index (χ4n) is 1.62. The number of carbonyl (C=O) groups is 1. The van der Waals surface area contributed by atoms with E-state index in [2.05, 4.69) is 10.3 Å². The second-order valence-electron chi connectivity index (χ2n) is 4.29. The first-order valence-corrected chi connectivity index (χ1v) is 6.13. The Balaban J connectivity index is 2.16. The Bertz CT molecular complexity index is 635. The molecule has 106 valence electrons. The normalized spacial score (nSPS) is 12.2. The van der Waals surface area contributed by atoms with E-state index in [9.17, 15) is 13.6 Å². The maximum absolute atomic E-state index is 13.5. The average Bonchev–Trinajstić information content (AvgIpc) is 2.82. The minimum Gasteiger partial charge on any atom is -0.435 e. The first kappa shape index (κ1) is 14.5. The number of aromatic nitrogens is 1. The Morgan fingerprint density at radius 1 is 1.40 bits per heavy atom. The third kappa shape index (κ3) is 2.96. The molecule has 0 aliphatic rings. The molecule has 20 heavy (non-hydrogen) atoms. The number of oxazole rings is 1. The number of rotatable bonds is 3.